The summed E-state index contributed by atoms with van der Waals surface area (Å²) in [5.41, 5.74) is 6.45. The van der Waals surface area contributed by atoms with Crippen molar-refractivity contribution in [1.29, 1.82) is 0 Å². The molecule has 126 heavy (non-hydrogen) atoms. The molecule has 0 bridgehead atoms. The molecule has 2 unspecified atom stereocenters. The largest absolute Gasteiger partial charge is 0.457 e. The third-order valence-corrected chi connectivity index (χ3v) is 22.6. The molecule has 15 rings (SSSR count). The van der Waals surface area contributed by atoms with Crippen molar-refractivity contribution < 1.29 is 66.9 Å². The standard InChI is InChI=1S/C104H92N8O14/c1-61(2)95(113)105-51-47-65-31-39-73(40-32-65)123-83-57-77-87-78(100(118)111(99(77)117)81(55-69-23-15-11-16-24-69)103(121)109(9)71-27-19-13-20-28-71)59-85(125-75-43-35-67(36-44-75)49-53-107-97(115)63(5)6)91-92-86(126-76-45-37-68(38-46-76)50-54-108-98(116)64(7)8)60-80-88-79(101(119)112(102(80)120)82(56-70-25-17-12-18-26-70)104(122)110(10)72-29-21-14-22-30-72)58-84(90(94(88)92)89(83)93(87)91)124-74-41-33-66(34-42-74)48-52-106-96(114)62(3)4/h11-46,57-60,81-82H,1,3,5,7,47-56H2,2,4,6,8-10H3,(H,105,113)(H,106,114)(H,107,115)(H,108,116). The predicted molar refractivity (Wildman–Crippen MR) is 488 cm³/mol. The molecule has 2 atom stereocenters. The minimum absolute atomic E-state index is 0.0326. The van der Waals surface area contributed by atoms with Gasteiger partial charge in [-0.1, -0.05) is 172 Å². The summed E-state index contributed by atoms with van der Waals surface area (Å²) >= 11 is 0. The maximum Gasteiger partial charge on any atom is 0.262 e. The summed E-state index contributed by atoms with van der Waals surface area (Å²) in [4.78, 5) is 155. The lowest BCUT2D eigenvalue weighted by molar-refractivity contribution is -0.122. The van der Waals surface area contributed by atoms with Crippen molar-refractivity contribution >= 4 is 114 Å². The molecule has 4 N–H and O–H groups in total. The summed E-state index contributed by atoms with van der Waals surface area (Å²) in [5.74, 6) is -5.15. The van der Waals surface area contributed by atoms with Gasteiger partial charge in [0.15, 0.2) is 0 Å². The molecule has 10 amide bonds. The van der Waals surface area contributed by atoms with Crippen molar-refractivity contribution in [2.24, 2.45) is 0 Å². The monoisotopic (exact) mass is 1680 g/mol. The highest BCUT2D eigenvalue weighted by molar-refractivity contribution is 6.45. The molecular formula is C104H92N8O14. The molecule has 13 aromatic rings. The molecule has 0 saturated carbocycles. The Hall–Kier alpha value is -15.6. The number of anilines is 2. The van der Waals surface area contributed by atoms with Crippen LogP contribution in [0.5, 0.6) is 46.0 Å². The first-order chi connectivity index (χ1) is 60.8. The molecule has 0 radical (unpaired) electrons. The van der Waals surface area contributed by atoms with Crippen LogP contribution >= 0.6 is 0 Å². The van der Waals surface area contributed by atoms with Crippen molar-refractivity contribution in [2.75, 3.05) is 50.1 Å². The van der Waals surface area contributed by atoms with E-state index >= 15 is 28.8 Å². The van der Waals surface area contributed by atoms with Gasteiger partial charge in [0.1, 0.15) is 58.1 Å². The zero-order valence-corrected chi connectivity index (χ0v) is 70.7. The lowest BCUT2D eigenvalue weighted by atomic mass is 9.80. The number of ether oxygens (including phenoxy) is 4. The Kier molecular flexibility index (Phi) is 25.1. The van der Waals surface area contributed by atoms with Gasteiger partial charge >= 0.3 is 0 Å². The van der Waals surface area contributed by atoms with Crippen molar-refractivity contribution in [2.45, 2.75) is 78.3 Å². The molecule has 22 nitrogen and oxygen atoms in total. The van der Waals surface area contributed by atoms with E-state index in [4.69, 9.17) is 18.9 Å². The number of carbonyl (C=O) groups excluding carboxylic acids is 10. The number of rotatable bonds is 34. The second-order valence-electron chi connectivity index (χ2n) is 31.7. The van der Waals surface area contributed by atoms with Crippen molar-refractivity contribution in [3.8, 4) is 46.0 Å². The van der Waals surface area contributed by atoms with Crippen LogP contribution in [0.15, 0.2) is 291 Å². The molecule has 0 fully saturated rings. The predicted octanol–water partition coefficient (Wildman–Crippen LogP) is 17.6. The van der Waals surface area contributed by atoms with Gasteiger partial charge in [-0.05, 0) is 184 Å². The Bertz CT molecular complexity index is 5860. The van der Waals surface area contributed by atoms with E-state index in [2.05, 4.69) is 47.6 Å². The lowest BCUT2D eigenvalue weighted by Crippen LogP contribution is -2.55. The maximum absolute atomic E-state index is 17.0. The summed E-state index contributed by atoms with van der Waals surface area (Å²) in [6.07, 6.45) is 1.33. The number of amides is 10. The van der Waals surface area contributed by atoms with Gasteiger partial charge in [0, 0.05) is 130 Å². The number of hydrogen-bond donors (Lipinski definition) is 4. The van der Waals surface area contributed by atoms with E-state index in [-0.39, 0.29) is 174 Å². The van der Waals surface area contributed by atoms with Gasteiger partial charge in [-0.3, -0.25) is 57.7 Å². The number of carbonyl (C=O) groups is 10. The Balaban J connectivity index is 1.06. The highest BCUT2D eigenvalue weighted by atomic mass is 16.5. The van der Waals surface area contributed by atoms with E-state index in [0.717, 1.165) is 32.1 Å². The number of nitrogens with one attached hydrogen (secondary N) is 4. The first kappa shape index (κ1) is 85.4. The summed E-state index contributed by atoms with van der Waals surface area (Å²) in [7, 11) is 3.17. The summed E-state index contributed by atoms with van der Waals surface area (Å²) in [6.45, 7) is 22.7. The molecule has 0 saturated heterocycles. The number of hydrogen-bond acceptors (Lipinski definition) is 14. The van der Waals surface area contributed by atoms with E-state index in [9.17, 15) is 19.2 Å². The van der Waals surface area contributed by atoms with Crippen LogP contribution in [0.4, 0.5) is 11.4 Å². The Labute approximate surface area is 728 Å². The maximum atomic E-state index is 17.0. The number of para-hydroxylation sites is 2. The van der Waals surface area contributed by atoms with E-state index < -0.39 is 47.5 Å². The number of fused-ring (bicyclic) bond motifs is 2. The van der Waals surface area contributed by atoms with Gasteiger partial charge in [-0.2, -0.15) is 0 Å². The van der Waals surface area contributed by atoms with Gasteiger partial charge in [-0.15, -0.1) is 0 Å². The average Bonchev–Trinajstić information content (AvgIpc) is 0.668. The second-order valence-corrected chi connectivity index (χ2v) is 31.7. The fourth-order valence-corrected chi connectivity index (χ4v) is 16.0. The van der Waals surface area contributed by atoms with Gasteiger partial charge < -0.3 is 50.0 Å². The van der Waals surface area contributed by atoms with Crippen LogP contribution < -0.4 is 50.0 Å². The van der Waals surface area contributed by atoms with Gasteiger partial charge in [0.2, 0.25) is 35.4 Å². The van der Waals surface area contributed by atoms with Crippen LogP contribution in [0, 0.1) is 0 Å². The van der Waals surface area contributed by atoms with Crippen LogP contribution in [-0.2, 0) is 67.3 Å². The normalized spacial score (nSPS) is 12.7. The first-order valence-corrected chi connectivity index (χ1v) is 41.5. The van der Waals surface area contributed by atoms with Gasteiger partial charge in [0.25, 0.3) is 23.6 Å². The minimum atomic E-state index is -1.52. The van der Waals surface area contributed by atoms with Crippen molar-refractivity contribution in [1.82, 2.24) is 31.1 Å². The molecule has 22 heteroatoms. The smallest absolute Gasteiger partial charge is 0.262 e. The molecular weight excluding hydrogens is 1590 g/mol. The van der Waals surface area contributed by atoms with Crippen LogP contribution in [-0.4, -0.2) is 121 Å². The Morgan fingerprint density at radius 3 is 0.746 bits per heavy atom. The molecule has 2 aliphatic rings. The topological polar surface area (TPSA) is 269 Å². The molecule has 13 aromatic carbocycles. The van der Waals surface area contributed by atoms with Crippen LogP contribution in [0.3, 0.4) is 0 Å². The minimum Gasteiger partial charge on any atom is -0.457 e. The summed E-state index contributed by atoms with van der Waals surface area (Å²) < 4.78 is 29.7. The van der Waals surface area contributed by atoms with E-state index in [1.54, 1.807) is 163 Å². The highest BCUT2D eigenvalue weighted by Crippen LogP contribution is 2.58. The number of imide groups is 2. The third-order valence-electron chi connectivity index (χ3n) is 22.6. The van der Waals surface area contributed by atoms with Crippen molar-refractivity contribution in [3.05, 3.63) is 347 Å². The van der Waals surface area contributed by atoms with Crippen LogP contribution in [0.25, 0.3) is 43.1 Å². The SMILES string of the molecule is C=C(C)C(=O)NCCc1ccc(Oc2cc3c4c(cc(Oc5ccc(CCNC(=O)C(=C)C)cc5)c5c6c(Oc7ccc(CCNC(=O)C(=C)C)cc7)cc7c8c(cc(Oc9ccc(CCNC(=O)C(=C)C)cc9)c(c2c45)c86)C(=O)N(C(Cc2ccccc2)C(=O)N(C)c2ccccc2)C7=O)C(=O)N(C(Cc2ccccc2)C(=O)N(C)c2ccccc2)C3=O)cc1. The molecule has 0 aromatic heterocycles. The summed E-state index contributed by atoms with van der Waals surface area (Å²) in [6, 6.07) is 67.4. The number of nitrogens with zero attached hydrogens (tertiary/aromatic N) is 4. The van der Waals surface area contributed by atoms with Crippen molar-refractivity contribution in [3.63, 3.8) is 0 Å². The molecule has 0 spiro atoms. The molecule has 632 valence electrons. The Morgan fingerprint density at radius 2 is 0.524 bits per heavy atom. The highest BCUT2D eigenvalue weighted by Gasteiger charge is 2.48. The molecule has 2 aliphatic heterocycles. The van der Waals surface area contributed by atoms with Crippen LogP contribution in [0.2, 0.25) is 0 Å². The van der Waals surface area contributed by atoms with Gasteiger partial charge in [0.05, 0.1) is 22.3 Å². The molecule has 0 aliphatic carbocycles. The zero-order chi connectivity index (χ0) is 88.7. The Morgan fingerprint density at radius 1 is 0.302 bits per heavy atom. The molecule has 2 heterocycles. The van der Waals surface area contributed by atoms with Crippen LogP contribution in [0.1, 0.15) is 103 Å². The first-order valence-electron chi connectivity index (χ1n) is 41.5. The quantitative estimate of drug-likeness (QED) is 0.0126. The average molecular weight is 1680 g/mol. The fourth-order valence-electron chi connectivity index (χ4n) is 16.0. The lowest BCUT2D eigenvalue weighted by Gasteiger charge is -2.37. The number of benzene rings is 13. The number of likely N-dealkylation sites (N-methyl/N-ethyl adjacent to an activating group) is 2. The summed E-state index contributed by atoms with van der Waals surface area (Å²) in [5, 5.41) is 12.7. The van der Waals surface area contributed by atoms with E-state index in [1.807, 2.05) is 97.1 Å². The zero-order valence-electron chi connectivity index (χ0n) is 70.7. The third kappa shape index (κ3) is 17.9. The fraction of sp³-hybridized carbons (Fsp3) is 0.173. The van der Waals surface area contributed by atoms with E-state index in [0.29, 0.717) is 70.5 Å². The van der Waals surface area contributed by atoms with E-state index in [1.165, 1.54) is 34.1 Å². The van der Waals surface area contributed by atoms with Gasteiger partial charge in [-0.25, -0.2) is 0 Å². The second kappa shape index (κ2) is 37.0.